The standard InChI is InChI=1S/C6H11O5P/c1-3-10-12(8,9)11-5-4-6(2)7/h3-4,7H,1,5H2,2H3,(H,8,9). The van der Waals surface area contributed by atoms with Gasteiger partial charge in [-0.2, -0.15) is 0 Å². The molecule has 0 aliphatic heterocycles. The van der Waals surface area contributed by atoms with E-state index >= 15 is 0 Å². The van der Waals surface area contributed by atoms with Crippen molar-refractivity contribution in [1.29, 1.82) is 0 Å². The molecule has 0 aromatic heterocycles. The van der Waals surface area contributed by atoms with Crippen LogP contribution in [0, 0.1) is 0 Å². The molecule has 0 aromatic carbocycles. The van der Waals surface area contributed by atoms with Crippen LogP contribution >= 0.6 is 7.82 Å². The number of hydrogen-bond donors (Lipinski definition) is 2. The first-order valence-electron chi connectivity index (χ1n) is 3.10. The van der Waals surface area contributed by atoms with Gasteiger partial charge in [0.05, 0.1) is 18.6 Å². The van der Waals surface area contributed by atoms with E-state index in [1.54, 1.807) is 0 Å². The van der Waals surface area contributed by atoms with Crippen molar-refractivity contribution in [2.45, 2.75) is 6.92 Å². The van der Waals surface area contributed by atoms with Crippen molar-refractivity contribution < 1.29 is 23.6 Å². The van der Waals surface area contributed by atoms with Crippen LogP contribution in [0.2, 0.25) is 0 Å². The van der Waals surface area contributed by atoms with E-state index < -0.39 is 7.82 Å². The molecule has 0 saturated heterocycles. The molecule has 0 spiro atoms. The first-order chi connectivity index (χ1) is 5.48. The molecular formula is C6H11O5P. The minimum absolute atomic E-state index is 0.00797. The summed E-state index contributed by atoms with van der Waals surface area (Å²) in [7, 11) is -4.02. The Kier molecular flexibility index (Phi) is 4.66. The molecule has 0 aromatic rings. The van der Waals surface area contributed by atoms with E-state index in [2.05, 4.69) is 15.6 Å². The van der Waals surface area contributed by atoms with Crippen molar-refractivity contribution in [1.82, 2.24) is 0 Å². The maximum absolute atomic E-state index is 10.7. The normalized spacial score (nSPS) is 16.7. The number of allylic oxidation sites excluding steroid dienone is 1. The summed E-state index contributed by atoms with van der Waals surface area (Å²) in [6.07, 6.45) is 2.05. The van der Waals surface area contributed by atoms with Gasteiger partial charge >= 0.3 is 7.82 Å². The van der Waals surface area contributed by atoms with Gasteiger partial charge in [-0.25, -0.2) is 4.57 Å². The number of hydrogen-bond acceptors (Lipinski definition) is 4. The molecule has 70 valence electrons. The highest BCUT2D eigenvalue weighted by molar-refractivity contribution is 7.47. The van der Waals surface area contributed by atoms with Gasteiger partial charge in [-0.3, -0.25) is 9.42 Å². The highest BCUT2D eigenvalue weighted by Crippen LogP contribution is 2.43. The first-order valence-corrected chi connectivity index (χ1v) is 4.60. The topological polar surface area (TPSA) is 76.0 Å². The summed E-state index contributed by atoms with van der Waals surface area (Å²) in [5, 5.41) is 8.63. The van der Waals surface area contributed by atoms with Crippen LogP contribution in [-0.2, 0) is 13.6 Å². The molecule has 2 N–H and O–H groups in total. The third kappa shape index (κ3) is 5.97. The Labute approximate surface area is 70.5 Å². The van der Waals surface area contributed by atoms with Crippen molar-refractivity contribution in [2.75, 3.05) is 6.61 Å². The minimum Gasteiger partial charge on any atom is -0.513 e. The lowest BCUT2D eigenvalue weighted by atomic mass is 10.5. The zero-order valence-corrected chi connectivity index (χ0v) is 7.53. The molecular weight excluding hydrogens is 183 g/mol. The monoisotopic (exact) mass is 194 g/mol. The Morgan fingerprint density at radius 2 is 2.33 bits per heavy atom. The molecule has 5 nitrogen and oxygen atoms in total. The van der Waals surface area contributed by atoms with Crippen LogP contribution in [0.15, 0.2) is 24.7 Å². The SMILES string of the molecule is C=COP(=O)(O)OCC=C(C)O. The molecule has 0 heterocycles. The molecule has 0 saturated carbocycles. The fourth-order valence-electron chi connectivity index (χ4n) is 0.377. The number of phosphoric ester groups is 1. The summed E-state index contributed by atoms with van der Waals surface area (Å²) >= 11 is 0. The van der Waals surface area contributed by atoms with E-state index in [1.807, 2.05) is 0 Å². The Balaban J connectivity index is 3.84. The Morgan fingerprint density at radius 1 is 1.75 bits per heavy atom. The maximum atomic E-state index is 10.7. The summed E-state index contributed by atoms with van der Waals surface area (Å²) < 4.78 is 19.2. The predicted molar refractivity (Wildman–Crippen MR) is 43.4 cm³/mol. The molecule has 0 aliphatic rings. The van der Waals surface area contributed by atoms with Gasteiger partial charge in [0.25, 0.3) is 0 Å². The summed E-state index contributed by atoms with van der Waals surface area (Å²) in [5.74, 6) is 0.00797. The van der Waals surface area contributed by atoms with Crippen LogP contribution in [0.3, 0.4) is 0 Å². The fraction of sp³-hybridized carbons (Fsp3) is 0.333. The number of aliphatic hydroxyl groups is 1. The van der Waals surface area contributed by atoms with Crippen LogP contribution < -0.4 is 0 Å². The molecule has 0 bridgehead atoms. The predicted octanol–water partition coefficient (Wildman–Crippen LogP) is 1.73. The molecule has 1 unspecified atom stereocenters. The van der Waals surface area contributed by atoms with E-state index in [9.17, 15) is 4.57 Å². The lowest BCUT2D eigenvalue weighted by molar-refractivity contribution is 0.203. The van der Waals surface area contributed by atoms with Crippen molar-refractivity contribution in [3.8, 4) is 0 Å². The van der Waals surface area contributed by atoms with E-state index in [0.717, 1.165) is 6.26 Å². The first kappa shape index (κ1) is 11.2. The van der Waals surface area contributed by atoms with Crippen molar-refractivity contribution in [3.05, 3.63) is 24.7 Å². The van der Waals surface area contributed by atoms with E-state index in [0.29, 0.717) is 0 Å². The van der Waals surface area contributed by atoms with Crippen LogP contribution in [0.25, 0.3) is 0 Å². The van der Waals surface area contributed by atoms with Crippen molar-refractivity contribution in [3.63, 3.8) is 0 Å². The van der Waals surface area contributed by atoms with E-state index in [-0.39, 0.29) is 12.4 Å². The highest BCUT2D eigenvalue weighted by Gasteiger charge is 2.18. The Hall–Kier alpha value is -0.770. The molecule has 12 heavy (non-hydrogen) atoms. The summed E-state index contributed by atoms with van der Waals surface area (Å²) in [4.78, 5) is 8.76. The second-order valence-corrected chi connectivity index (χ2v) is 3.29. The molecule has 1 atom stereocenters. The van der Waals surface area contributed by atoms with Gasteiger partial charge in [0, 0.05) is 0 Å². The molecule has 0 aliphatic carbocycles. The number of aliphatic hydroxyl groups excluding tert-OH is 1. The molecule has 6 heteroatoms. The van der Waals surface area contributed by atoms with Crippen LogP contribution in [-0.4, -0.2) is 16.6 Å². The lowest BCUT2D eigenvalue weighted by Crippen LogP contribution is -1.91. The maximum Gasteiger partial charge on any atom is 0.527 e. The zero-order chi connectivity index (χ0) is 9.61. The van der Waals surface area contributed by atoms with Gasteiger partial charge in [-0.05, 0) is 13.0 Å². The van der Waals surface area contributed by atoms with Gasteiger partial charge < -0.3 is 9.63 Å². The summed E-state index contributed by atoms with van der Waals surface area (Å²) in [6.45, 7) is 4.32. The number of phosphoric acid groups is 1. The quantitative estimate of drug-likeness (QED) is 0.514. The second-order valence-electron chi connectivity index (χ2n) is 1.88. The Bertz CT molecular complexity index is 218. The highest BCUT2D eigenvalue weighted by atomic mass is 31.2. The van der Waals surface area contributed by atoms with Crippen LogP contribution in [0.1, 0.15) is 6.92 Å². The molecule has 0 radical (unpaired) electrons. The van der Waals surface area contributed by atoms with Crippen molar-refractivity contribution in [2.24, 2.45) is 0 Å². The van der Waals surface area contributed by atoms with Crippen molar-refractivity contribution >= 4 is 7.82 Å². The summed E-state index contributed by atoms with van der Waals surface area (Å²) in [5.41, 5.74) is 0. The van der Waals surface area contributed by atoms with Gasteiger partial charge in [0.15, 0.2) is 0 Å². The smallest absolute Gasteiger partial charge is 0.513 e. The van der Waals surface area contributed by atoms with Gasteiger partial charge in [0.2, 0.25) is 0 Å². The fourth-order valence-corrected chi connectivity index (χ4v) is 0.889. The van der Waals surface area contributed by atoms with Gasteiger partial charge in [0.1, 0.15) is 0 Å². The number of rotatable bonds is 5. The van der Waals surface area contributed by atoms with Crippen LogP contribution in [0.5, 0.6) is 0 Å². The molecule has 0 rings (SSSR count). The minimum atomic E-state index is -4.02. The lowest BCUT2D eigenvalue weighted by Gasteiger charge is -2.07. The third-order valence-electron chi connectivity index (χ3n) is 0.824. The third-order valence-corrected chi connectivity index (χ3v) is 1.72. The Morgan fingerprint density at radius 3 is 2.75 bits per heavy atom. The average Bonchev–Trinajstić information content (AvgIpc) is 1.85. The second kappa shape index (κ2) is 4.98. The zero-order valence-electron chi connectivity index (χ0n) is 6.64. The molecule has 0 fully saturated rings. The average molecular weight is 194 g/mol. The van der Waals surface area contributed by atoms with Gasteiger partial charge in [-0.1, -0.05) is 6.58 Å². The largest absolute Gasteiger partial charge is 0.527 e. The van der Waals surface area contributed by atoms with E-state index in [1.165, 1.54) is 13.0 Å². The van der Waals surface area contributed by atoms with Crippen LogP contribution in [0.4, 0.5) is 0 Å². The molecule has 0 amide bonds. The van der Waals surface area contributed by atoms with E-state index in [4.69, 9.17) is 10.00 Å². The summed E-state index contributed by atoms with van der Waals surface area (Å²) in [6, 6.07) is 0. The van der Waals surface area contributed by atoms with Gasteiger partial charge in [-0.15, -0.1) is 0 Å².